The van der Waals surface area contributed by atoms with Crippen LogP contribution in [0.4, 0.5) is 0 Å². The van der Waals surface area contributed by atoms with Crippen molar-refractivity contribution in [3.63, 3.8) is 0 Å². The number of imidazole rings is 1. The Balaban J connectivity index is 1.18. The Morgan fingerprint density at radius 3 is 2.07 bits per heavy atom. The molecule has 2 heterocycles. The van der Waals surface area contributed by atoms with E-state index in [1.807, 2.05) is 53.1 Å². The number of benzene rings is 4. The number of tetrazole rings is 1. The Kier molecular flexibility index (Phi) is 13.4. The molecule has 4 aromatic carbocycles. The van der Waals surface area contributed by atoms with Crippen molar-refractivity contribution in [3.8, 4) is 22.5 Å². The van der Waals surface area contributed by atoms with Gasteiger partial charge in [-0.2, -0.15) is 0 Å². The van der Waals surface area contributed by atoms with Crippen molar-refractivity contribution >= 4 is 23.5 Å². The van der Waals surface area contributed by atoms with Gasteiger partial charge in [-0.15, -0.1) is 10.2 Å². The Labute approximate surface area is 324 Å². The molecule has 18 heteroatoms. The summed E-state index contributed by atoms with van der Waals surface area (Å²) in [5.74, 6) is -0.137. The van der Waals surface area contributed by atoms with Crippen molar-refractivity contribution in [3.05, 3.63) is 142 Å². The molecule has 0 aliphatic rings. The highest BCUT2D eigenvalue weighted by Crippen LogP contribution is 2.31. The van der Waals surface area contributed by atoms with Crippen molar-refractivity contribution in [2.75, 3.05) is 0 Å². The predicted octanol–water partition coefficient (Wildman–Crippen LogP) is 6.32. The van der Waals surface area contributed by atoms with Gasteiger partial charge >= 0.3 is 5.97 Å². The van der Waals surface area contributed by atoms with E-state index in [-0.39, 0.29) is 41.9 Å². The maximum absolute atomic E-state index is 13.2. The minimum Gasteiger partial charge on any atom is -0.456 e. The van der Waals surface area contributed by atoms with E-state index in [9.17, 15) is 9.59 Å². The van der Waals surface area contributed by atoms with Gasteiger partial charge in [0, 0.05) is 24.1 Å². The largest absolute Gasteiger partial charge is 0.456 e. The van der Waals surface area contributed by atoms with Gasteiger partial charge in [0.15, 0.2) is 5.15 Å². The minimum atomic E-state index is -0.601. The third-order valence-corrected chi connectivity index (χ3v) is 8.90. The second kappa shape index (κ2) is 18.7. The molecule has 6 aromatic rings. The van der Waals surface area contributed by atoms with Gasteiger partial charge in [0.2, 0.25) is 5.82 Å². The summed E-state index contributed by atoms with van der Waals surface area (Å²) in [5, 5.41) is 47.3. The van der Waals surface area contributed by atoms with Gasteiger partial charge in [0.25, 0.3) is 5.91 Å². The number of hydrogen-bond donors (Lipinski definition) is 4. The normalized spacial score (nSPS) is 11.4. The Morgan fingerprint density at radius 2 is 1.41 bits per heavy atom. The molecule has 290 valence electrons. The fraction of sp³-hybridized carbons (Fsp3) is 0.211. The van der Waals surface area contributed by atoms with E-state index in [2.05, 4.69) is 37.0 Å². The molecular weight excluding hydrogens is 748 g/mol. The van der Waals surface area contributed by atoms with Crippen LogP contribution in [0.2, 0.25) is 5.15 Å². The molecule has 0 fully saturated rings. The summed E-state index contributed by atoms with van der Waals surface area (Å²) in [7, 11) is 0. The molecule has 56 heavy (non-hydrogen) atoms. The summed E-state index contributed by atoms with van der Waals surface area (Å²) in [6.07, 6.45) is 2.51. The van der Waals surface area contributed by atoms with Crippen LogP contribution in [0.15, 0.2) is 97.1 Å². The van der Waals surface area contributed by atoms with Crippen molar-refractivity contribution < 1.29 is 44.8 Å². The first kappa shape index (κ1) is 39.9. The standard InChI is InChI=1S/C38H37ClN8O9/c1-2-3-14-34-40-35(39)33(24-54-38(49)30-11-7-9-27(20-30)23-56-47(52)53)44(34)21-25-15-17-28(18-16-25)31-12-4-5-13-32(31)36-41-43-45(42-36)37(48)29-10-6-8-26(19-29)22-55-46(50)51/h4-13,15-20,50-53H,2-3,14,21-24H2,1H3. The highest BCUT2D eigenvalue weighted by Gasteiger charge is 2.20. The SMILES string of the molecule is CCCCc1nc(Cl)c(COC(=O)c2cccc(CON(O)O)c2)n1Cc1ccc(-c2ccccc2-c2nnn(C(=O)c3cccc(CON(O)O)c3)n2)cc1. The molecule has 0 radical (unpaired) electrons. The van der Waals surface area contributed by atoms with Crippen molar-refractivity contribution in [2.45, 2.75) is 52.6 Å². The van der Waals surface area contributed by atoms with E-state index < -0.39 is 22.7 Å². The van der Waals surface area contributed by atoms with Crippen LogP contribution in [0.5, 0.6) is 0 Å². The van der Waals surface area contributed by atoms with Crippen molar-refractivity contribution in [1.82, 2.24) is 40.5 Å². The molecule has 6 rings (SSSR count). The topological polar surface area (TPSA) is 211 Å². The van der Waals surface area contributed by atoms with Gasteiger partial charge < -0.3 is 9.30 Å². The number of aryl methyl sites for hydroxylation is 1. The number of carbonyl (C=O) groups is 2. The zero-order valence-corrected chi connectivity index (χ0v) is 30.7. The Morgan fingerprint density at radius 1 is 0.768 bits per heavy atom. The highest BCUT2D eigenvalue weighted by molar-refractivity contribution is 6.30. The molecular formula is C38H37ClN8O9. The van der Waals surface area contributed by atoms with E-state index in [1.165, 1.54) is 12.1 Å². The molecule has 0 amide bonds. The summed E-state index contributed by atoms with van der Waals surface area (Å²) in [5.41, 5.74) is 5.34. The number of esters is 1. The van der Waals surface area contributed by atoms with E-state index in [1.54, 1.807) is 36.4 Å². The minimum absolute atomic E-state index is 0.133. The number of ether oxygens (including phenoxy) is 1. The van der Waals surface area contributed by atoms with Gasteiger partial charge in [0.1, 0.15) is 12.4 Å². The average molecular weight is 785 g/mol. The number of hydrogen-bond acceptors (Lipinski definition) is 15. The molecule has 0 unspecified atom stereocenters. The number of rotatable bonds is 17. The van der Waals surface area contributed by atoms with Crippen LogP contribution in [0.1, 0.15) is 68.7 Å². The lowest BCUT2D eigenvalue weighted by atomic mass is 9.98. The fourth-order valence-electron chi connectivity index (χ4n) is 5.85. The first-order chi connectivity index (χ1) is 27.1. The fourth-order valence-corrected chi connectivity index (χ4v) is 6.10. The van der Waals surface area contributed by atoms with Gasteiger partial charge in [0.05, 0.1) is 35.3 Å². The smallest absolute Gasteiger partial charge is 0.338 e. The third-order valence-electron chi connectivity index (χ3n) is 8.60. The molecule has 0 aliphatic carbocycles. The zero-order chi connectivity index (χ0) is 39.6. The molecule has 4 N–H and O–H groups in total. The number of nitrogens with zero attached hydrogens (tertiary/aromatic N) is 8. The molecule has 0 saturated carbocycles. The summed E-state index contributed by atoms with van der Waals surface area (Å²) in [4.78, 5) is 41.0. The summed E-state index contributed by atoms with van der Waals surface area (Å²) in [6, 6.07) is 28.1. The molecule has 0 atom stereocenters. The second-order valence-corrected chi connectivity index (χ2v) is 12.8. The number of unbranched alkanes of at least 4 members (excludes halogenated alkanes) is 1. The summed E-state index contributed by atoms with van der Waals surface area (Å²) >= 11 is 6.63. The number of aromatic nitrogens is 6. The molecule has 0 saturated heterocycles. The van der Waals surface area contributed by atoms with E-state index in [0.29, 0.717) is 35.3 Å². The first-order valence-electron chi connectivity index (χ1n) is 17.3. The quantitative estimate of drug-likeness (QED) is 0.0589. The summed E-state index contributed by atoms with van der Waals surface area (Å²) < 4.78 is 7.63. The monoisotopic (exact) mass is 784 g/mol. The lowest BCUT2D eigenvalue weighted by molar-refractivity contribution is -0.497. The Bertz CT molecular complexity index is 2280. The van der Waals surface area contributed by atoms with Crippen molar-refractivity contribution in [1.29, 1.82) is 0 Å². The third kappa shape index (κ3) is 10.1. The number of halogens is 1. The van der Waals surface area contributed by atoms with Crippen LogP contribution in [0.3, 0.4) is 0 Å². The zero-order valence-electron chi connectivity index (χ0n) is 30.0. The summed E-state index contributed by atoms with van der Waals surface area (Å²) in [6.45, 7) is 2.00. The first-order valence-corrected chi connectivity index (χ1v) is 17.7. The second-order valence-electron chi connectivity index (χ2n) is 12.4. The van der Waals surface area contributed by atoms with E-state index in [0.717, 1.165) is 40.2 Å². The van der Waals surface area contributed by atoms with E-state index in [4.69, 9.17) is 37.2 Å². The lowest BCUT2D eigenvalue weighted by Crippen LogP contribution is -2.17. The highest BCUT2D eigenvalue weighted by atomic mass is 35.5. The van der Waals surface area contributed by atoms with Crippen LogP contribution >= 0.6 is 11.6 Å². The molecule has 0 spiro atoms. The van der Waals surface area contributed by atoms with Gasteiger partial charge in [-0.05, 0) is 63.7 Å². The average Bonchev–Trinajstić information content (AvgIpc) is 3.82. The maximum Gasteiger partial charge on any atom is 0.338 e. The van der Waals surface area contributed by atoms with Gasteiger partial charge in [-0.25, -0.2) is 19.5 Å². The van der Waals surface area contributed by atoms with Crippen molar-refractivity contribution in [2.24, 2.45) is 0 Å². The van der Waals surface area contributed by atoms with E-state index >= 15 is 0 Å². The maximum atomic E-state index is 13.2. The van der Waals surface area contributed by atoms with Crippen LogP contribution in [-0.2, 0) is 47.2 Å². The van der Waals surface area contributed by atoms with Gasteiger partial charge in [-0.1, -0.05) is 103 Å². The lowest BCUT2D eigenvalue weighted by Gasteiger charge is -2.14. The molecule has 0 aliphatic heterocycles. The Hall–Kier alpha value is -5.73. The van der Waals surface area contributed by atoms with Crippen LogP contribution in [-0.4, -0.2) is 73.2 Å². The molecule has 2 aromatic heterocycles. The van der Waals surface area contributed by atoms with Gasteiger partial charge in [-0.3, -0.25) is 25.6 Å². The molecule has 0 bridgehead atoms. The van der Waals surface area contributed by atoms with Crippen LogP contribution < -0.4 is 0 Å². The number of carbonyl (C=O) groups excluding carboxylic acids is 2. The van der Waals surface area contributed by atoms with Crippen LogP contribution in [0, 0.1) is 0 Å². The van der Waals surface area contributed by atoms with Crippen LogP contribution in [0.25, 0.3) is 22.5 Å². The predicted molar refractivity (Wildman–Crippen MR) is 196 cm³/mol. The molecule has 17 nitrogen and oxygen atoms in total.